The van der Waals surface area contributed by atoms with Crippen LogP contribution in [0.1, 0.15) is 33.0 Å². The summed E-state index contributed by atoms with van der Waals surface area (Å²) in [5.41, 5.74) is 3.90. The number of hydrogen-bond acceptors (Lipinski definition) is 4. The molecule has 0 radical (unpaired) electrons. The van der Waals surface area contributed by atoms with Gasteiger partial charge in [-0.15, -0.1) is 0 Å². The zero-order chi connectivity index (χ0) is 25.2. The number of ether oxygens (including phenoxy) is 2. The molecule has 186 valence electrons. The summed E-state index contributed by atoms with van der Waals surface area (Å²) < 4.78 is 11.1. The van der Waals surface area contributed by atoms with Gasteiger partial charge >= 0.3 is 0 Å². The summed E-state index contributed by atoms with van der Waals surface area (Å²) in [6.07, 6.45) is 0.829. The van der Waals surface area contributed by atoms with E-state index in [0.717, 1.165) is 12.0 Å². The van der Waals surface area contributed by atoms with Crippen molar-refractivity contribution < 1.29 is 19.1 Å². The number of fused-ring (bicyclic) bond motifs is 1. The van der Waals surface area contributed by atoms with Gasteiger partial charge < -0.3 is 19.3 Å². The van der Waals surface area contributed by atoms with Crippen LogP contribution >= 0.6 is 11.6 Å². The average molecular weight is 505 g/mol. The van der Waals surface area contributed by atoms with Crippen LogP contribution in [0.4, 0.5) is 0 Å². The second kappa shape index (κ2) is 10.2. The van der Waals surface area contributed by atoms with Gasteiger partial charge in [-0.3, -0.25) is 9.59 Å². The summed E-state index contributed by atoms with van der Waals surface area (Å²) in [6.45, 7) is 1.99. The van der Waals surface area contributed by atoms with Crippen molar-refractivity contribution in [1.29, 1.82) is 0 Å². The summed E-state index contributed by atoms with van der Waals surface area (Å²) >= 11 is 6.03. The van der Waals surface area contributed by atoms with Gasteiger partial charge in [0.05, 0.1) is 20.1 Å². The highest BCUT2D eigenvalue weighted by atomic mass is 35.5. The highest BCUT2D eigenvalue weighted by Gasteiger charge is 2.43. The predicted octanol–water partition coefficient (Wildman–Crippen LogP) is 4.80. The molecule has 2 aliphatic rings. The van der Waals surface area contributed by atoms with Crippen molar-refractivity contribution in [2.24, 2.45) is 5.92 Å². The number of hydrogen-bond donors (Lipinski definition) is 0. The summed E-state index contributed by atoms with van der Waals surface area (Å²) in [7, 11) is 3.24. The number of amides is 2. The maximum absolute atomic E-state index is 14.0. The van der Waals surface area contributed by atoms with Crippen LogP contribution in [0.3, 0.4) is 0 Å². The van der Waals surface area contributed by atoms with Crippen molar-refractivity contribution >= 4 is 23.4 Å². The minimum atomic E-state index is -0.396. The van der Waals surface area contributed by atoms with Gasteiger partial charge in [0.2, 0.25) is 5.91 Å². The third kappa shape index (κ3) is 4.65. The normalized spacial score (nSPS) is 19.1. The largest absolute Gasteiger partial charge is 0.497 e. The molecule has 0 spiro atoms. The number of halogens is 1. The lowest BCUT2D eigenvalue weighted by molar-refractivity contribution is -0.136. The predicted molar refractivity (Wildman–Crippen MR) is 139 cm³/mol. The van der Waals surface area contributed by atoms with Crippen LogP contribution < -0.4 is 9.47 Å². The molecule has 6 nitrogen and oxygen atoms in total. The van der Waals surface area contributed by atoms with Crippen LogP contribution in [0.15, 0.2) is 66.7 Å². The van der Waals surface area contributed by atoms with E-state index < -0.39 is 5.92 Å². The highest BCUT2D eigenvalue weighted by molar-refractivity contribution is 6.30. The van der Waals surface area contributed by atoms with Gasteiger partial charge in [-0.25, -0.2) is 0 Å². The molecule has 2 heterocycles. The molecule has 2 unspecified atom stereocenters. The monoisotopic (exact) mass is 504 g/mol. The highest BCUT2D eigenvalue weighted by Crippen LogP contribution is 2.41. The van der Waals surface area contributed by atoms with E-state index in [1.807, 2.05) is 35.2 Å². The number of rotatable bonds is 5. The second-order valence-electron chi connectivity index (χ2n) is 9.32. The Bertz CT molecular complexity index is 1280. The lowest BCUT2D eigenvalue weighted by Crippen LogP contribution is -2.42. The molecular weight excluding hydrogens is 476 g/mol. The fourth-order valence-electron chi connectivity index (χ4n) is 5.36. The molecule has 0 bridgehead atoms. The topological polar surface area (TPSA) is 59.1 Å². The fourth-order valence-corrected chi connectivity index (χ4v) is 5.48. The van der Waals surface area contributed by atoms with E-state index in [4.69, 9.17) is 21.1 Å². The van der Waals surface area contributed by atoms with Crippen molar-refractivity contribution in [2.45, 2.75) is 18.9 Å². The third-order valence-corrected chi connectivity index (χ3v) is 7.55. The van der Waals surface area contributed by atoms with Gasteiger partial charge in [-0.1, -0.05) is 35.9 Å². The maximum Gasteiger partial charge on any atom is 0.253 e. The number of benzene rings is 3. The summed E-state index contributed by atoms with van der Waals surface area (Å²) in [4.78, 5) is 31.1. The molecule has 2 amide bonds. The second-order valence-corrected chi connectivity index (χ2v) is 9.75. The van der Waals surface area contributed by atoms with E-state index in [1.54, 1.807) is 43.4 Å². The van der Waals surface area contributed by atoms with E-state index in [0.29, 0.717) is 48.3 Å². The molecule has 2 aliphatic heterocycles. The SMILES string of the molecule is COc1ccc(OC)c(C2CN(C(=O)c3ccc(Cl)cc3)CC2C(=O)N2CCc3ccccc3C2)c1. The Labute approximate surface area is 216 Å². The Morgan fingerprint density at radius 2 is 1.64 bits per heavy atom. The first-order valence-electron chi connectivity index (χ1n) is 12.1. The smallest absolute Gasteiger partial charge is 0.253 e. The molecule has 2 atom stereocenters. The molecule has 36 heavy (non-hydrogen) atoms. The molecule has 3 aromatic carbocycles. The molecule has 0 aromatic heterocycles. The minimum Gasteiger partial charge on any atom is -0.497 e. The van der Waals surface area contributed by atoms with Gasteiger partial charge in [0.1, 0.15) is 11.5 Å². The van der Waals surface area contributed by atoms with Crippen molar-refractivity contribution in [3.05, 3.63) is 94.0 Å². The third-order valence-electron chi connectivity index (χ3n) is 7.29. The number of methoxy groups -OCH3 is 2. The molecule has 0 N–H and O–H groups in total. The first-order valence-corrected chi connectivity index (χ1v) is 12.5. The van der Waals surface area contributed by atoms with Gasteiger partial charge in [0.15, 0.2) is 0 Å². The lowest BCUT2D eigenvalue weighted by Gasteiger charge is -2.32. The van der Waals surface area contributed by atoms with Crippen LogP contribution in [0.5, 0.6) is 11.5 Å². The number of likely N-dealkylation sites (tertiary alicyclic amines) is 1. The molecule has 5 rings (SSSR count). The fraction of sp³-hybridized carbons (Fsp3) is 0.310. The van der Waals surface area contributed by atoms with E-state index in [2.05, 4.69) is 12.1 Å². The van der Waals surface area contributed by atoms with Crippen LogP contribution in [0, 0.1) is 5.92 Å². The van der Waals surface area contributed by atoms with Gasteiger partial charge in [0, 0.05) is 48.2 Å². The van der Waals surface area contributed by atoms with Crippen molar-refractivity contribution in [3.63, 3.8) is 0 Å². The Kier molecular flexibility index (Phi) is 6.88. The van der Waals surface area contributed by atoms with Gasteiger partial charge in [-0.05, 0) is 60.0 Å². The Balaban J connectivity index is 1.48. The lowest BCUT2D eigenvalue weighted by atomic mass is 9.86. The van der Waals surface area contributed by atoms with Crippen LogP contribution in [-0.2, 0) is 17.8 Å². The zero-order valence-electron chi connectivity index (χ0n) is 20.4. The standard InChI is InChI=1S/C29H29ClN2O4/c1-35-23-11-12-27(36-2)24(15-23)25-17-32(28(33)20-7-9-22(30)10-8-20)18-26(25)29(34)31-14-13-19-5-3-4-6-21(19)16-31/h3-12,15,25-26H,13-14,16-18H2,1-2H3. The molecule has 1 fully saturated rings. The molecule has 0 saturated carbocycles. The number of carbonyl (C=O) groups excluding carboxylic acids is 2. The number of carbonyl (C=O) groups is 2. The van der Waals surface area contributed by atoms with Crippen molar-refractivity contribution in [2.75, 3.05) is 33.9 Å². The summed E-state index contributed by atoms with van der Waals surface area (Å²) in [5, 5.41) is 0.574. The van der Waals surface area contributed by atoms with E-state index in [-0.39, 0.29) is 17.7 Å². The Morgan fingerprint density at radius 3 is 2.36 bits per heavy atom. The molecule has 7 heteroatoms. The first kappa shape index (κ1) is 24.2. The maximum atomic E-state index is 14.0. The van der Waals surface area contributed by atoms with Crippen molar-refractivity contribution in [1.82, 2.24) is 9.80 Å². The quantitative estimate of drug-likeness (QED) is 0.501. The van der Waals surface area contributed by atoms with Crippen LogP contribution in [-0.4, -0.2) is 55.5 Å². The molecular formula is C29H29ClN2O4. The molecule has 1 saturated heterocycles. The van der Waals surface area contributed by atoms with E-state index in [1.165, 1.54) is 11.1 Å². The van der Waals surface area contributed by atoms with Gasteiger partial charge in [0.25, 0.3) is 5.91 Å². The van der Waals surface area contributed by atoms with E-state index in [9.17, 15) is 9.59 Å². The Hall–Kier alpha value is -3.51. The Morgan fingerprint density at radius 1 is 0.889 bits per heavy atom. The van der Waals surface area contributed by atoms with Gasteiger partial charge in [-0.2, -0.15) is 0 Å². The van der Waals surface area contributed by atoms with Crippen LogP contribution in [0.25, 0.3) is 0 Å². The summed E-state index contributed by atoms with van der Waals surface area (Å²) in [5.74, 6) is 0.696. The molecule has 3 aromatic rings. The summed E-state index contributed by atoms with van der Waals surface area (Å²) in [6, 6.07) is 20.8. The van der Waals surface area contributed by atoms with E-state index >= 15 is 0 Å². The molecule has 0 aliphatic carbocycles. The first-order chi connectivity index (χ1) is 17.5. The van der Waals surface area contributed by atoms with Crippen LogP contribution in [0.2, 0.25) is 5.02 Å². The average Bonchev–Trinajstić information content (AvgIpc) is 3.37. The zero-order valence-corrected chi connectivity index (χ0v) is 21.2. The number of nitrogens with zero attached hydrogens (tertiary/aromatic N) is 2. The minimum absolute atomic E-state index is 0.0609. The van der Waals surface area contributed by atoms with Crippen molar-refractivity contribution in [3.8, 4) is 11.5 Å².